The first-order valence-corrected chi connectivity index (χ1v) is 14.0. The summed E-state index contributed by atoms with van der Waals surface area (Å²) in [6.45, 7) is 4.80. The Morgan fingerprint density at radius 2 is 1.71 bits per heavy atom. The maximum absolute atomic E-state index is 13.9. The Hall–Kier alpha value is -4.46. The van der Waals surface area contributed by atoms with Crippen molar-refractivity contribution in [2.24, 2.45) is 7.05 Å². The number of benzene rings is 2. The fraction of sp³-hybridized carbons (Fsp3) is 0.333. The molecule has 1 aliphatic carbocycles. The molecule has 3 aromatic rings. The predicted molar refractivity (Wildman–Crippen MR) is 156 cm³/mol. The molecule has 0 spiro atoms. The molecule has 2 amide bonds. The Morgan fingerprint density at radius 3 is 2.44 bits per heavy atom. The van der Waals surface area contributed by atoms with Crippen molar-refractivity contribution in [3.63, 3.8) is 0 Å². The van der Waals surface area contributed by atoms with E-state index in [-0.39, 0.29) is 41.6 Å². The number of nitrogens with one attached hydrogen (secondary N) is 1. The van der Waals surface area contributed by atoms with Gasteiger partial charge in [0.1, 0.15) is 17.6 Å². The summed E-state index contributed by atoms with van der Waals surface area (Å²) >= 11 is 0. The molecule has 212 valence electrons. The van der Waals surface area contributed by atoms with E-state index in [0.717, 1.165) is 16.7 Å². The molecule has 0 radical (unpaired) electrons. The van der Waals surface area contributed by atoms with Crippen LogP contribution < -0.4 is 10.9 Å². The van der Waals surface area contributed by atoms with Crippen LogP contribution in [0.4, 0.5) is 0 Å². The van der Waals surface area contributed by atoms with E-state index in [1.54, 1.807) is 25.4 Å². The van der Waals surface area contributed by atoms with Crippen molar-refractivity contribution in [1.29, 1.82) is 0 Å². The van der Waals surface area contributed by atoms with Crippen LogP contribution in [0.5, 0.6) is 0 Å². The molecule has 1 aromatic heterocycles. The number of carbonyl (C=O) groups is 3. The molecule has 2 aromatic carbocycles. The van der Waals surface area contributed by atoms with Crippen LogP contribution in [0.15, 0.2) is 90.4 Å². The molecule has 1 fully saturated rings. The molecular weight excluding hydrogens is 518 g/mol. The van der Waals surface area contributed by atoms with Gasteiger partial charge in [0.05, 0.1) is 5.92 Å². The topological polar surface area (TPSA) is 97.7 Å². The molecule has 1 N–H and O–H groups in total. The largest absolute Gasteiger partial charge is 0.461 e. The summed E-state index contributed by atoms with van der Waals surface area (Å²) in [5.41, 5.74) is 1.25. The van der Waals surface area contributed by atoms with Gasteiger partial charge in [-0.1, -0.05) is 67.3 Å². The summed E-state index contributed by atoms with van der Waals surface area (Å²) in [7, 11) is 1.61. The van der Waals surface area contributed by atoms with E-state index in [0.29, 0.717) is 38.8 Å². The molecule has 41 heavy (non-hydrogen) atoms. The van der Waals surface area contributed by atoms with E-state index in [2.05, 4.69) is 11.9 Å². The Morgan fingerprint density at radius 1 is 1.00 bits per heavy atom. The second-order valence-electron chi connectivity index (χ2n) is 10.7. The van der Waals surface area contributed by atoms with Crippen molar-refractivity contribution < 1.29 is 19.1 Å². The minimum Gasteiger partial charge on any atom is -0.461 e. The molecular formula is C33H35N3O5. The van der Waals surface area contributed by atoms with Gasteiger partial charge in [0.25, 0.3) is 11.5 Å². The summed E-state index contributed by atoms with van der Waals surface area (Å²) in [4.78, 5) is 54.5. The number of aromatic nitrogens is 1. The van der Waals surface area contributed by atoms with E-state index in [9.17, 15) is 19.2 Å². The van der Waals surface area contributed by atoms with Crippen LogP contribution in [0, 0.1) is 0 Å². The Kier molecular flexibility index (Phi) is 8.19. The number of nitrogens with zero attached hydrogens (tertiary/aromatic N) is 2. The maximum atomic E-state index is 13.9. The monoisotopic (exact) mass is 553 g/mol. The minimum absolute atomic E-state index is 0.0280. The molecule has 2 aliphatic rings. The molecule has 8 nitrogen and oxygen atoms in total. The van der Waals surface area contributed by atoms with Gasteiger partial charge in [-0.15, -0.1) is 0 Å². The van der Waals surface area contributed by atoms with Crippen LogP contribution in [0.3, 0.4) is 0 Å². The second kappa shape index (κ2) is 12.0. The number of likely N-dealkylation sites (tertiary alicyclic amines) is 1. The Bertz CT molecular complexity index is 1510. The average Bonchev–Trinajstić information content (AvgIpc) is 3.01. The molecule has 0 bridgehead atoms. The van der Waals surface area contributed by atoms with Gasteiger partial charge in [0, 0.05) is 32.4 Å². The number of hydrogen-bond acceptors (Lipinski definition) is 5. The predicted octanol–water partition coefficient (Wildman–Crippen LogP) is 3.70. The molecule has 1 saturated heterocycles. The van der Waals surface area contributed by atoms with Gasteiger partial charge in [0.2, 0.25) is 5.91 Å². The number of esters is 1. The third kappa shape index (κ3) is 5.34. The first kappa shape index (κ1) is 28.1. The molecule has 0 unspecified atom stereocenters. The summed E-state index contributed by atoms with van der Waals surface area (Å²) < 4.78 is 7.02. The molecule has 5 rings (SSSR count). The lowest BCUT2D eigenvalue weighted by Gasteiger charge is -2.42. The number of aryl methyl sites for hydroxylation is 1. The van der Waals surface area contributed by atoms with Crippen molar-refractivity contribution in [3.8, 4) is 0 Å². The number of fused-ring (bicyclic) bond motifs is 1. The van der Waals surface area contributed by atoms with Gasteiger partial charge >= 0.3 is 5.97 Å². The van der Waals surface area contributed by atoms with E-state index >= 15 is 0 Å². The fourth-order valence-corrected chi connectivity index (χ4v) is 6.21. The van der Waals surface area contributed by atoms with Crippen molar-refractivity contribution in [1.82, 2.24) is 14.8 Å². The smallest absolute Gasteiger partial charge is 0.321 e. The fourth-order valence-electron chi connectivity index (χ4n) is 6.21. The van der Waals surface area contributed by atoms with Gasteiger partial charge in [0.15, 0.2) is 0 Å². The SMILES string of the molecule is C=CCOC(=O)[C@@]1(c2ccccc2)CC[C@H](C(=O)N2CCC(NC(=O)c3cccn(C)c3=O)CC2)c2ccccc21. The van der Waals surface area contributed by atoms with Crippen molar-refractivity contribution in [2.75, 3.05) is 19.7 Å². The van der Waals surface area contributed by atoms with Crippen LogP contribution in [0.25, 0.3) is 0 Å². The quantitative estimate of drug-likeness (QED) is 0.356. The summed E-state index contributed by atoms with van der Waals surface area (Å²) in [5, 5.41) is 2.97. The molecule has 2 atom stereocenters. The number of carbonyl (C=O) groups excluding carboxylic acids is 3. The highest BCUT2D eigenvalue weighted by molar-refractivity contribution is 5.94. The highest BCUT2D eigenvalue weighted by Crippen LogP contribution is 2.48. The van der Waals surface area contributed by atoms with Crippen LogP contribution in [0.1, 0.15) is 58.6 Å². The van der Waals surface area contributed by atoms with Crippen LogP contribution in [-0.4, -0.2) is 53.0 Å². The molecule has 1 aliphatic heterocycles. The first-order valence-electron chi connectivity index (χ1n) is 14.0. The van der Waals surface area contributed by atoms with E-state index in [1.807, 2.05) is 59.5 Å². The Balaban J connectivity index is 1.33. The van der Waals surface area contributed by atoms with Crippen molar-refractivity contribution in [3.05, 3.63) is 118 Å². The van der Waals surface area contributed by atoms with Crippen molar-refractivity contribution in [2.45, 2.75) is 43.1 Å². The van der Waals surface area contributed by atoms with Crippen LogP contribution in [0.2, 0.25) is 0 Å². The van der Waals surface area contributed by atoms with Gasteiger partial charge in [-0.3, -0.25) is 19.2 Å². The lowest BCUT2D eigenvalue weighted by atomic mass is 9.63. The van der Waals surface area contributed by atoms with Gasteiger partial charge < -0.3 is 19.5 Å². The van der Waals surface area contributed by atoms with Gasteiger partial charge in [-0.25, -0.2) is 0 Å². The van der Waals surface area contributed by atoms with Gasteiger partial charge in [-0.2, -0.15) is 0 Å². The zero-order valence-electron chi connectivity index (χ0n) is 23.3. The number of hydrogen-bond donors (Lipinski definition) is 1. The zero-order chi connectivity index (χ0) is 29.0. The highest BCUT2D eigenvalue weighted by Gasteiger charge is 2.50. The summed E-state index contributed by atoms with van der Waals surface area (Å²) in [6.07, 6.45) is 5.31. The molecule has 2 heterocycles. The average molecular weight is 554 g/mol. The number of piperidine rings is 1. The van der Waals surface area contributed by atoms with Crippen molar-refractivity contribution >= 4 is 17.8 Å². The normalized spacial score (nSPS) is 20.5. The summed E-state index contributed by atoms with van der Waals surface area (Å²) in [6, 6.07) is 20.4. The van der Waals surface area contributed by atoms with Crippen LogP contribution in [-0.2, 0) is 26.8 Å². The highest BCUT2D eigenvalue weighted by atomic mass is 16.5. The third-order valence-electron chi connectivity index (χ3n) is 8.36. The maximum Gasteiger partial charge on any atom is 0.321 e. The molecule has 8 heteroatoms. The number of amides is 2. The zero-order valence-corrected chi connectivity index (χ0v) is 23.3. The van der Waals surface area contributed by atoms with E-state index in [1.165, 1.54) is 10.6 Å². The lowest BCUT2D eigenvalue weighted by molar-refractivity contribution is -0.149. The number of ether oxygens (including phenoxy) is 1. The first-order chi connectivity index (χ1) is 19.9. The minimum atomic E-state index is -1.01. The number of rotatable bonds is 7. The lowest BCUT2D eigenvalue weighted by Crippen LogP contribution is -2.50. The number of pyridine rings is 1. The van der Waals surface area contributed by atoms with E-state index < -0.39 is 11.3 Å². The second-order valence-corrected chi connectivity index (χ2v) is 10.7. The standard InChI is InChI=1S/C33H35N3O5/c1-3-22-41-32(40)33(23-10-5-4-6-11-23)18-15-26(25-12-7-8-14-28(25)33)31(39)36-20-16-24(17-21-36)34-29(37)27-13-9-19-35(2)30(27)38/h3-14,19,24,26H,1,15-18,20-22H2,2H3,(H,34,37)/t26-,33+/m0/s1. The Labute approximate surface area is 239 Å². The molecule has 0 saturated carbocycles. The van der Waals surface area contributed by atoms with Gasteiger partial charge in [-0.05, 0) is 54.5 Å². The third-order valence-corrected chi connectivity index (χ3v) is 8.36. The summed E-state index contributed by atoms with van der Waals surface area (Å²) in [5.74, 6) is -1.08. The van der Waals surface area contributed by atoms with Crippen LogP contribution >= 0.6 is 0 Å². The van der Waals surface area contributed by atoms with E-state index in [4.69, 9.17) is 4.74 Å².